The van der Waals surface area contributed by atoms with Crippen molar-refractivity contribution in [2.24, 2.45) is 23.7 Å². The van der Waals surface area contributed by atoms with Crippen LogP contribution >= 0.6 is 17.9 Å². The van der Waals surface area contributed by atoms with Crippen LogP contribution in [0.2, 0.25) is 4.97 Å². The van der Waals surface area contributed by atoms with E-state index in [1.807, 2.05) is 29.2 Å². The second-order valence-corrected chi connectivity index (χ2v) is 23.3. The van der Waals surface area contributed by atoms with Gasteiger partial charge in [0.25, 0.3) is 0 Å². The molecule has 26 heavy (non-hydrogen) atoms. The van der Waals surface area contributed by atoms with Crippen LogP contribution in [0.3, 0.4) is 0 Å². The number of rotatable bonds is 5. The van der Waals surface area contributed by atoms with E-state index in [-0.39, 0.29) is 18.2 Å². The van der Waals surface area contributed by atoms with Crippen molar-refractivity contribution in [3.8, 4) is 5.75 Å². The van der Waals surface area contributed by atoms with E-state index in [1.165, 1.54) is 32.1 Å². The molecule has 0 heterocycles. The number of ether oxygens (including phenoxy) is 2. The number of hydrogen-bond donors (Lipinski definition) is 0. The number of carbonyl (C=O) groups excluding carboxylic acids is 1. The molecule has 0 spiro atoms. The molecule has 4 fully saturated rings. The molecule has 5 rings (SSSR count). The summed E-state index contributed by atoms with van der Waals surface area (Å²) in [6, 6.07) is 7.42. The maximum absolute atomic E-state index is 12.5. The molecule has 0 radical (unpaired) electrons. The molecule has 1 aromatic carbocycles. The Balaban J connectivity index is 1.34. The molecule has 0 amide bonds. The van der Waals surface area contributed by atoms with Crippen molar-refractivity contribution in [3.63, 3.8) is 0 Å². The molecule has 3 nitrogen and oxygen atoms in total. The van der Waals surface area contributed by atoms with E-state index in [0.29, 0.717) is 17.6 Å². The van der Waals surface area contributed by atoms with Gasteiger partial charge in [-0.2, -0.15) is 0 Å². The third kappa shape index (κ3) is 3.72. The Hall–Kier alpha value is -0.140. The SMILES string of the molecule is CC1(OC(=O)COc2ccc([Te](C)(Cl)Cl)cc2)C2CC3CC(C2)CC1C3. The van der Waals surface area contributed by atoms with Gasteiger partial charge in [0.05, 0.1) is 0 Å². The van der Waals surface area contributed by atoms with Crippen LogP contribution in [0, 0.1) is 23.7 Å². The molecule has 0 saturated heterocycles. The van der Waals surface area contributed by atoms with E-state index in [2.05, 4.69) is 6.92 Å². The van der Waals surface area contributed by atoms with Crippen LogP contribution in [0.25, 0.3) is 0 Å². The number of esters is 1. The normalized spacial score (nSPS) is 36.0. The molecular formula is C20H26Cl2O3Te. The first-order valence-electron chi connectivity index (χ1n) is 9.36. The maximum atomic E-state index is 12.5. The molecule has 4 bridgehead atoms. The number of carbonyl (C=O) groups is 1. The van der Waals surface area contributed by atoms with Gasteiger partial charge in [-0.15, -0.1) is 0 Å². The van der Waals surface area contributed by atoms with Gasteiger partial charge in [-0.05, 0) is 6.42 Å². The molecule has 0 aromatic heterocycles. The second-order valence-electron chi connectivity index (χ2n) is 8.45. The second kappa shape index (κ2) is 7.03. The van der Waals surface area contributed by atoms with Gasteiger partial charge in [0.15, 0.2) is 0 Å². The molecular weight excluding hydrogens is 487 g/mol. The minimum atomic E-state index is -2.88. The Morgan fingerprint density at radius 2 is 1.62 bits per heavy atom. The van der Waals surface area contributed by atoms with E-state index < -0.39 is 15.9 Å². The molecule has 1 aromatic rings. The fourth-order valence-electron chi connectivity index (χ4n) is 5.48. The third-order valence-corrected chi connectivity index (χ3v) is 12.2. The molecule has 4 aliphatic carbocycles. The monoisotopic (exact) mass is 514 g/mol. The average molecular weight is 513 g/mol. The Labute approximate surface area is 167 Å². The van der Waals surface area contributed by atoms with Crippen LogP contribution in [-0.4, -0.2) is 34.1 Å². The van der Waals surface area contributed by atoms with Gasteiger partial charge in [-0.25, -0.2) is 0 Å². The Morgan fingerprint density at radius 1 is 1.08 bits per heavy atom. The summed E-state index contributed by atoms with van der Waals surface area (Å²) in [5, 5.41) is 0. The first kappa shape index (κ1) is 19.2. The van der Waals surface area contributed by atoms with Crippen LogP contribution in [-0.2, 0) is 9.53 Å². The molecule has 4 aliphatic rings. The molecule has 144 valence electrons. The van der Waals surface area contributed by atoms with Gasteiger partial charge < -0.3 is 0 Å². The Kier molecular flexibility index (Phi) is 5.19. The van der Waals surface area contributed by atoms with E-state index in [0.717, 1.165) is 15.4 Å². The van der Waals surface area contributed by atoms with E-state index in [9.17, 15) is 4.79 Å². The van der Waals surface area contributed by atoms with Crippen molar-refractivity contribution >= 4 is 43.4 Å². The molecule has 0 N–H and O–H groups in total. The Bertz CT molecular complexity index is 655. The van der Waals surface area contributed by atoms with Crippen molar-refractivity contribution in [3.05, 3.63) is 24.3 Å². The van der Waals surface area contributed by atoms with E-state index >= 15 is 0 Å². The van der Waals surface area contributed by atoms with E-state index in [4.69, 9.17) is 27.4 Å². The van der Waals surface area contributed by atoms with Crippen molar-refractivity contribution in [2.45, 2.75) is 49.6 Å². The van der Waals surface area contributed by atoms with Gasteiger partial charge in [0.1, 0.15) is 0 Å². The topological polar surface area (TPSA) is 35.5 Å². The van der Waals surface area contributed by atoms with Gasteiger partial charge >= 0.3 is 161 Å². The fourth-order valence-corrected chi connectivity index (χ4v) is 8.61. The summed E-state index contributed by atoms with van der Waals surface area (Å²) in [6.45, 7) is 2.10. The summed E-state index contributed by atoms with van der Waals surface area (Å²) in [4.78, 5) is 14.4. The van der Waals surface area contributed by atoms with Crippen molar-refractivity contribution < 1.29 is 14.3 Å². The molecule has 6 heteroatoms. The van der Waals surface area contributed by atoms with Crippen LogP contribution in [0.5, 0.6) is 5.75 Å². The van der Waals surface area contributed by atoms with Crippen molar-refractivity contribution in [1.82, 2.24) is 0 Å². The summed E-state index contributed by atoms with van der Waals surface area (Å²) >= 11 is -2.88. The summed E-state index contributed by atoms with van der Waals surface area (Å²) in [7, 11) is 12.5. The number of hydrogen-bond acceptors (Lipinski definition) is 3. The minimum absolute atomic E-state index is 0.0537. The molecule has 0 atom stereocenters. The first-order valence-corrected chi connectivity index (χ1v) is 18.8. The van der Waals surface area contributed by atoms with Gasteiger partial charge in [-0.1, -0.05) is 0 Å². The Morgan fingerprint density at radius 3 is 2.12 bits per heavy atom. The molecule has 0 unspecified atom stereocenters. The zero-order valence-corrected chi connectivity index (χ0v) is 19.1. The zero-order valence-electron chi connectivity index (χ0n) is 15.3. The summed E-state index contributed by atoms with van der Waals surface area (Å²) < 4.78 is 12.6. The summed E-state index contributed by atoms with van der Waals surface area (Å²) in [6.07, 6.45) is 6.28. The molecule has 4 saturated carbocycles. The number of halogens is 2. The van der Waals surface area contributed by atoms with Gasteiger partial charge in [-0.3, -0.25) is 0 Å². The standard InChI is InChI=1S/C20H26Cl2O3Te/c1-20(15-8-13-7-14(10-15)11-16(20)9-13)25-19(23)12-24-17-3-5-18(6-4-17)26(2,21)22/h3-6,13-16H,7-12H2,1-2H3. The third-order valence-electron chi connectivity index (χ3n) is 6.69. The van der Waals surface area contributed by atoms with Gasteiger partial charge in [0.2, 0.25) is 0 Å². The quantitative estimate of drug-likeness (QED) is 0.428. The average Bonchev–Trinajstić information content (AvgIpc) is 2.57. The van der Waals surface area contributed by atoms with Crippen molar-refractivity contribution in [2.75, 3.05) is 6.61 Å². The summed E-state index contributed by atoms with van der Waals surface area (Å²) in [5.41, 5.74) is -0.301. The predicted octanol–water partition coefficient (Wildman–Crippen LogP) is 4.58. The van der Waals surface area contributed by atoms with E-state index in [1.54, 1.807) is 0 Å². The zero-order chi connectivity index (χ0) is 18.5. The van der Waals surface area contributed by atoms with Crippen LogP contribution in [0.1, 0.15) is 39.0 Å². The fraction of sp³-hybridized carbons (Fsp3) is 0.650. The first-order chi connectivity index (χ1) is 12.2. The van der Waals surface area contributed by atoms with Crippen LogP contribution < -0.4 is 8.35 Å². The summed E-state index contributed by atoms with van der Waals surface area (Å²) in [5.74, 6) is 3.15. The number of benzene rings is 1. The van der Waals surface area contributed by atoms with Crippen molar-refractivity contribution in [1.29, 1.82) is 0 Å². The molecule has 0 aliphatic heterocycles. The van der Waals surface area contributed by atoms with Crippen LogP contribution in [0.15, 0.2) is 24.3 Å². The predicted molar refractivity (Wildman–Crippen MR) is 106 cm³/mol. The van der Waals surface area contributed by atoms with Gasteiger partial charge in [0, 0.05) is 0 Å². The van der Waals surface area contributed by atoms with Crippen LogP contribution in [0.4, 0.5) is 0 Å².